The minimum atomic E-state index is 0.532. The maximum absolute atomic E-state index is 5.95. The van der Waals surface area contributed by atoms with Crippen molar-refractivity contribution in [1.82, 2.24) is 23.7 Å². The van der Waals surface area contributed by atoms with Gasteiger partial charge in [-0.3, -0.25) is 9.47 Å². The molecule has 8 heteroatoms. The van der Waals surface area contributed by atoms with Crippen LogP contribution in [0.1, 0.15) is 0 Å². The van der Waals surface area contributed by atoms with Crippen LogP contribution >= 0.6 is 0 Å². The summed E-state index contributed by atoms with van der Waals surface area (Å²) in [6.07, 6.45) is 0. The van der Waals surface area contributed by atoms with E-state index in [4.69, 9.17) is 9.97 Å². The van der Waals surface area contributed by atoms with E-state index in [1.807, 2.05) is 0 Å². The van der Waals surface area contributed by atoms with Gasteiger partial charge in [0.25, 0.3) is 0 Å². The molecule has 0 fully saturated rings. The van der Waals surface area contributed by atoms with Crippen molar-refractivity contribution < 1.29 is 0 Å². The fourth-order valence-electron chi connectivity index (χ4n) is 13.3. The maximum Gasteiger partial charge on any atom is 0.237 e. The van der Waals surface area contributed by atoms with Gasteiger partial charge in [0.1, 0.15) is 0 Å². The van der Waals surface area contributed by atoms with Gasteiger partial charge in [0.15, 0.2) is 5.82 Å². The lowest BCUT2D eigenvalue weighted by Crippen LogP contribution is -2.16. The van der Waals surface area contributed by atoms with Crippen LogP contribution in [0, 0.1) is 0 Å². The molecule has 0 amide bonds. The van der Waals surface area contributed by atoms with Crippen molar-refractivity contribution >= 4 is 128 Å². The summed E-state index contributed by atoms with van der Waals surface area (Å²) in [4.78, 5) is 18.5. The summed E-state index contributed by atoms with van der Waals surface area (Å²) in [6.45, 7) is 0. The van der Waals surface area contributed by atoms with Crippen LogP contribution in [0.2, 0.25) is 0 Å². The van der Waals surface area contributed by atoms with Gasteiger partial charge in [0.2, 0.25) is 5.95 Å². The Balaban J connectivity index is 0.928. The number of para-hydroxylation sites is 9. The summed E-state index contributed by atoms with van der Waals surface area (Å²) < 4.78 is 7.11. The number of benzene rings is 13. The van der Waals surface area contributed by atoms with Crippen molar-refractivity contribution in [2.45, 2.75) is 0 Å². The Morgan fingerprint density at radius 2 is 0.534 bits per heavy atom. The Kier molecular flexibility index (Phi) is 12.0. The second-order valence-electron chi connectivity index (χ2n) is 22.2. The molecule has 8 nitrogen and oxygen atoms in total. The van der Waals surface area contributed by atoms with Crippen LogP contribution in [0.4, 0.5) is 51.4 Å². The fourth-order valence-corrected chi connectivity index (χ4v) is 13.3. The molecule has 0 atom stereocenters. The summed E-state index contributed by atoms with van der Waals surface area (Å²) in [7, 11) is 0. The van der Waals surface area contributed by atoms with Crippen LogP contribution in [0.5, 0.6) is 0 Å². The first kappa shape index (κ1) is 50.5. The molecule has 0 saturated heterocycles. The van der Waals surface area contributed by atoms with E-state index in [2.05, 4.69) is 356 Å². The number of hydrogen-bond acceptors (Lipinski definition) is 5. The molecule has 0 aliphatic rings. The zero-order chi connectivity index (χ0) is 58.1. The molecule has 0 aliphatic heterocycles. The quantitative estimate of drug-likeness (QED) is 0.122. The third-order valence-corrected chi connectivity index (χ3v) is 17.1. The van der Waals surface area contributed by atoms with E-state index in [0.717, 1.165) is 123 Å². The molecule has 0 N–H and O–H groups in total. The van der Waals surface area contributed by atoms with Crippen LogP contribution in [-0.4, -0.2) is 23.7 Å². The predicted molar refractivity (Wildman–Crippen MR) is 367 cm³/mol. The van der Waals surface area contributed by atoms with Gasteiger partial charge in [-0.1, -0.05) is 176 Å². The van der Waals surface area contributed by atoms with Crippen molar-refractivity contribution in [3.63, 3.8) is 0 Å². The van der Waals surface area contributed by atoms with E-state index in [-0.39, 0.29) is 0 Å². The highest BCUT2D eigenvalue weighted by molar-refractivity contribution is 6.14. The van der Waals surface area contributed by atoms with E-state index < -0.39 is 0 Å². The number of anilines is 9. The van der Waals surface area contributed by atoms with Gasteiger partial charge >= 0.3 is 0 Å². The van der Waals surface area contributed by atoms with Gasteiger partial charge in [0, 0.05) is 88.9 Å². The highest BCUT2D eigenvalue weighted by Crippen LogP contribution is 2.46. The van der Waals surface area contributed by atoms with Crippen molar-refractivity contribution in [3.05, 3.63) is 328 Å². The number of hydrogen-bond donors (Lipinski definition) is 0. The first-order chi connectivity index (χ1) is 43.7. The average molecular weight is 1130 g/mol. The van der Waals surface area contributed by atoms with Gasteiger partial charge in [-0.2, -0.15) is 4.98 Å². The Morgan fingerprint density at radius 1 is 0.205 bits per heavy atom. The molecule has 0 aliphatic carbocycles. The minimum Gasteiger partial charge on any atom is -0.310 e. The molecule has 0 saturated carbocycles. The van der Waals surface area contributed by atoms with Gasteiger partial charge in [-0.05, 0) is 152 Å². The van der Waals surface area contributed by atoms with Crippen LogP contribution in [0.25, 0.3) is 93.5 Å². The Morgan fingerprint density at radius 3 is 1.02 bits per heavy atom. The fraction of sp³-hybridized carbons (Fsp3) is 0. The molecule has 0 radical (unpaired) electrons. The molecule has 4 heterocycles. The molecule has 0 unspecified atom stereocenters. The van der Waals surface area contributed by atoms with Crippen molar-refractivity contribution in [2.75, 3.05) is 14.7 Å². The molecule has 0 bridgehead atoms. The Bertz CT molecular complexity index is 5410. The van der Waals surface area contributed by atoms with Crippen LogP contribution in [0.15, 0.2) is 328 Å². The summed E-state index contributed by atoms with van der Waals surface area (Å²) in [5.74, 6) is 1.28. The normalized spacial score (nSPS) is 11.6. The molecule has 17 rings (SSSR count). The monoisotopic (exact) mass is 1130 g/mol. The largest absolute Gasteiger partial charge is 0.310 e. The van der Waals surface area contributed by atoms with E-state index in [1.54, 1.807) is 0 Å². The SMILES string of the molecule is c1ccc(N(c2ccccc2)c2ccc3c(c2)c2ccccc2n3-c2nc(N(c3ccccc3)c3ccc4c5ccccc5n(-c5ccccc5)c4c3)nc3ccc(N(c4ccccc4)c4ccc5c6ccccc6n(-c6ccccc6)c5c4)cc23)cc1. The van der Waals surface area contributed by atoms with Crippen molar-refractivity contribution in [2.24, 2.45) is 0 Å². The molecule has 17 aromatic rings. The molecular weight excluding hydrogens is 1070 g/mol. The second-order valence-corrected chi connectivity index (χ2v) is 22.2. The number of aromatic nitrogens is 5. The van der Waals surface area contributed by atoms with Gasteiger partial charge < -0.3 is 18.9 Å². The van der Waals surface area contributed by atoms with E-state index in [1.165, 1.54) is 16.2 Å². The zero-order valence-corrected chi connectivity index (χ0v) is 47.8. The average Bonchev–Trinajstić information content (AvgIpc) is 2.14. The first-order valence-corrected chi connectivity index (χ1v) is 29.8. The number of rotatable bonds is 12. The standard InChI is InChI=1S/C80H54N8/c1-7-25-55(26-8-1)83(56-27-9-2-10-28-56)62-46-50-76-70(51-62)67-39-21-24-42-75(67)88(76)79-71-52-61(84(57-29-11-3-12-30-57)63-43-47-68-65-37-19-22-40-73(65)86(77(68)53-63)59-33-15-5-16-34-59)45-49-72(71)81-80(82-79)85(58-31-13-4-14-32-58)64-44-48-69-66-38-20-23-41-74(66)87(78(69)54-64)60-35-17-6-18-36-60/h1-54H. The van der Waals surface area contributed by atoms with E-state index in [0.29, 0.717) is 5.95 Å². The summed E-state index contributed by atoms with van der Waals surface area (Å²) in [5, 5.41) is 7.83. The smallest absolute Gasteiger partial charge is 0.237 e. The third-order valence-electron chi connectivity index (χ3n) is 17.1. The lowest BCUT2D eigenvalue weighted by Gasteiger charge is -2.27. The van der Waals surface area contributed by atoms with Crippen molar-refractivity contribution in [3.8, 4) is 17.2 Å². The lowest BCUT2D eigenvalue weighted by molar-refractivity contribution is 1.04. The highest BCUT2D eigenvalue weighted by atomic mass is 15.3. The predicted octanol–water partition coefficient (Wildman–Crippen LogP) is 21.3. The van der Waals surface area contributed by atoms with Gasteiger partial charge in [-0.15, -0.1) is 0 Å². The van der Waals surface area contributed by atoms with Crippen LogP contribution < -0.4 is 14.7 Å². The minimum absolute atomic E-state index is 0.532. The first-order valence-electron chi connectivity index (χ1n) is 29.8. The van der Waals surface area contributed by atoms with Gasteiger partial charge in [0.05, 0.1) is 44.3 Å². The van der Waals surface area contributed by atoms with Crippen LogP contribution in [-0.2, 0) is 0 Å². The van der Waals surface area contributed by atoms with Gasteiger partial charge in [-0.25, -0.2) is 4.98 Å². The summed E-state index contributed by atoms with van der Waals surface area (Å²) >= 11 is 0. The highest BCUT2D eigenvalue weighted by Gasteiger charge is 2.26. The van der Waals surface area contributed by atoms with E-state index >= 15 is 0 Å². The Labute approximate surface area is 508 Å². The molecule has 13 aromatic carbocycles. The number of nitrogens with zero attached hydrogens (tertiary/aromatic N) is 8. The Hall–Kier alpha value is -12.0. The van der Waals surface area contributed by atoms with Crippen molar-refractivity contribution in [1.29, 1.82) is 0 Å². The molecule has 4 aromatic heterocycles. The van der Waals surface area contributed by atoms with E-state index in [9.17, 15) is 0 Å². The number of fused-ring (bicyclic) bond motifs is 10. The molecule has 88 heavy (non-hydrogen) atoms. The third kappa shape index (κ3) is 8.37. The molecule has 0 spiro atoms. The summed E-state index contributed by atoms with van der Waals surface area (Å²) in [5.41, 5.74) is 17.6. The second kappa shape index (κ2) is 21.0. The van der Waals surface area contributed by atoms with Crippen LogP contribution in [0.3, 0.4) is 0 Å². The molecular formula is C80H54N8. The zero-order valence-electron chi connectivity index (χ0n) is 47.8. The maximum atomic E-state index is 5.95. The summed E-state index contributed by atoms with van der Waals surface area (Å²) in [6, 6.07) is 117. The topological polar surface area (TPSA) is 50.3 Å². The lowest BCUT2D eigenvalue weighted by atomic mass is 10.1. The molecule has 414 valence electrons.